The number of pyridine rings is 1. The molecule has 1 aliphatic carbocycles. The SMILES string of the molecule is O=C(NC1CCC(CO)CC1)c1ccnc(F)c1. The summed E-state index contributed by atoms with van der Waals surface area (Å²) in [5.41, 5.74) is 0.298. The van der Waals surface area contributed by atoms with Gasteiger partial charge in [0.05, 0.1) is 0 Å². The van der Waals surface area contributed by atoms with Gasteiger partial charge in [-0.2, -0.15) is 4.39 Å². The van der Waals surface area contributed by atoms with E-state index in [9.17, 15) is 9.18 Å². The van der Waals surface area contributed by atoms with Crippen LogP contribution >= 0.6 is 0 Å². The molecule has 1 fully saturated rings. The third-order valence-electron chi connectivity index (χ3n) is 3.43. The predicted octanol–water partition coefficient (Wildman–Crippen LogP) is 1.50. The number of carbonyl (C=O) groups is 1. The highest BCUT2D eigenvalue weighted by atomic mass is 19.1. The van der Waals surface area contributed by atoms with E-state index < -0.39 is 5.95 Å². The summed E-state index contributed by atoms with van der Waals surface area (Å²) in [4.78, 5) is 15.3. The van der Waals surface area contributed by atoms with Gasteiger partial charge < -0.3 is 10.4 Å². The summed E-state index contributed by atoms with van der Waals surface area (Å²) in [6, 6.07) is 2.75. The molecule has 1 heterocycles. The lowest BCUT2D eigenvalue weighted by Crippen LogP contribution is -2.38. The van der Waals surface area contributed by atoms with Crippen molar-refractivity contribution in [3.8, 4) is 0 Å². The molecule has 5 heteroatoms. The molecule has 0 aromatic carbocycles. The molecule has 0 saturated heterocycles. The van der Waals surface area contributed by atoms with Crippen LogP contribution in [-0.2, 0) is 0 Å². The van der Waals surface area contributed by atoms with Crippen molar-refractivity contribution in [3.05, 3.63) is 29.8 Å². The van der Waals surface area contributed by atoms with E-state index in [1.807, 2.05) is 0 Å². The fourth-order valence-corrected chi connectivity index (χ4v) is 2.30. The second-order valence-corrected chi connectivity index (χ2v) is 4.74. The Hall–Kier alpha value is -1.49. The summed E-state index contributed by atoms with van der Waals surface area (Å²) in [5, 5.41) is 11.9. The molecule has 1 aliphatic rings. The maximum absolute atomic E-state index is 12.9. The summed E-state index contributed by atoms with van der Waals surface area (Å²) in [6.45, 7) is 0.218. The van der Waals surface area contributed by atoms with E-state index in [1.54, 1.807) is 0 Å². The summed E-state index contributed by atoms with van der Waals surface area (Å²) >= 11 is 0. The van der Waals surface area contributed by atoms with Gasteiger partial charge >= 0.3 is 0 Å². The van der Waals surface area contributed by atoms with Crippen molar-refractivity contribution in [2.45, 2.75) is 31.7 Å². The number of hydrogen-bond acceptors (Lipinski definition) is 3. The maximum Gasteiger partial charge on any atom is 0.251 e. The summed E-state index contributed by atoms with van der Waals surface area (Å²) < 4.78 is 12.9. The Bertz CT molecular complexity index is 417. The first-order chi connectivity index (χ1) is 8.69. The third kappa shape index (κ3) is 3.26. The smallest absolute Gasteiger partial charge is 0.251 e. The molecule has 1 aromatic heterocycles. The largest absolute Gasteiger partial charge is 0.396 e. The van der Waals surface area contributed by atoms with Crippen molar-refractivity contribution >= 4 is 5.91 Å². The van der Waals surface area contributed by atoms with Crippen molar-refractivity contribution < 1.29 is 14.3 Å². The number of nitrogens with zero attached hydrogens (tertiary/aromatic N) is 1. The summed E-state index contributed by atoms with van der Waals surface area (Å²) in [6.07, 6.45) is 4.86. The van der Waals surface area contributed by atoms with Crippen molar-refractivity contribution in [2.75, 3.05) is 6.61 Å². The zero-order valence-electron chi connectivity index (χ0n) is 10.1. The van der Waals surface area contributed by atoms with E-state index >= 15 is 0 Å². The molecule has 98 valence electrons. The van der Waals surface area contributed by atoms with Gasteiger partial charge in [-0.15, -0.1) is 0 Å². The fraction of sp³-hybridized carbons (Fsp3) is 0.538. The first-order valence-electron chi connectivity index (χ1n) is 6.22. The Morgan fingerprint density at radius 2 is 2.17 bits per heavy atom. The molecule has 0 spiro atoms. The van der Waals surface area contributed by atoms with Crippen LogP contribution in [0.3, 0.4) is 0 Å². The highest BCUT2D eigenvalue weighted by Crippen LogP contribution is 2.23. The molecular weight excluding hydrogens is 235 g/mol. The Morgan fingerprint density at radius 1 is 1.44 bits per heavy atom. The zero-order valence-corrected chi connectivity index (χ0v) is 10.1. The number of amides is 1. The molecule has 1 saturated carbocycles. The van der Waals surface area contributed by atoms with Crippen molar-refractivity contribution in [1.29, 1.82) is 0 Å². The van der Waals surface area contributed by atoms with Crippen LogP contribution in [0.2, 0.25) is 0 Å². The molecule has 0 radical (unpaired) electrons. The van der Waals surface area contributed by atoms with Gasteiger partial charge in [-0.05, 0) is 37.7 Å². The summed E-state index contributed by atoms with van der Waals surface area (Å²) in [7, 11) is 0. The van der Waals surface area contributed by atoms with Crippen molar-refractivity contribution in [1.82, 2.24) is 10.3 Å². The number of aliphatic hydroxyl groups is 1. The minimum Gasteiger partial charge on any atom is -0.396 e. The van der Waals surface area contributed by atoms with E-state index in [2.05, 4.69) is 10.3 Å². The van der Waals surface area contributed by atoms with Gasteiger partial charge in [0.25, 0.3) is 5.91 Å². The zero-order chi connectivity index (χ0) is 13.0. The average molecular weight is 252 g/mol. The third-order valence-corrected chi connectivity index (χ3v) is 3.43. The van der Waals surface area contributed by atoms with Crippen LogP contribution in [0.5, 0.6) is 0 Å². The van der Waals surface area contributed by atoms with Gasteiger partial charge in [0.1, 0.15) is 0 Å². The lowest BCUT2D eigenvalue weighted by atomic mass is 9.86. The Kier molecular flexibility index (Phi) is 4.25. The number of hydrogen-bond donors (Lipinski definition) is 2. The van der Waals surface area contributed by atoms with E-state index in [4.69, 9.17) is 5.11 Å². The van der Waals surface area contributed by atoms with Crippen molar-refractivity contribution in [2.24, 2.45) is 5.92 Å². The molecule has 2 rings (SSSR count). The number of halogens is 1. The quantitative estimate of drug-likeness (QED) is 0.801. The standard InChI is InChI=1S/C13H17FN2O2/c14-12-7-10(5-6-15-12)13(18)16-11-3-1-9(8-17)2-4-11/h5-7,9,11,17H,1-4,8H2,(H,16,18). The fourth-order valence-electron chi connectivity index (χ4n) is 2.30. The molecule has 0 unspecified atom stereocenters. The average Bonchev–Trinajstić information content (AvgIpc) is 2.39. The van der Waals surface area contributed by atoms with Gasteiger partial charge in [0, 0.05) is 30.5 Å². The first kappa shape index (κ1) is 13.0. The highest BCUT2D eigenvalue weighted by molar-refractivity contribution is 5.94. The molecule has 1 aromatic rings. The maximum atomic E-state index is 12.9. The van der Waals surface area contributed by atoms with Gasteiger partial charge in [-0.25, -0.2) is 4.98 Å². The molecule has 1 amide bonds. The minimum absolute atomic E-state index is 0.122. The monoisotopic (exact) mass is 252 g/mol. The van der Waals surface area contributed by atoms with Crippen molar-refractivity contribution in [3.63, 3.8) is 0 Å². The number of carbonyl (C=O) groups excluding carboxylic acids is 1. The van der Waals surface area contributed by atoms with E-state index in [0.29, 0.717) is 11.5 Å². The molecule has 18 heavy (non-hydrogen) atoms. The van der Waals surface area contributed by atoms with E-state index in [0.717, 1.165) is 31.7 Å². The van der Waals surface area contributed by atoms with Crippen LogP contribution < -0.4 is 5.32 Å². The second-order valence-electron chi connectivity index (χ2n) is 4.74. The van der Waals surface area contributed by atoms with Gasteiger partial charge in [0.15, 0.2) is 0 Å². The predicted molar refractivity (Wildman–Crippen MR) is 64.5 cm³/mol. The number of rotatable bonds is 3. The van der Waals surface area contributed by atoms with E-state index in [1.165, 1.54) is 12.3 Å². The Labute approximate surface area is 105 Å². The first-order valence-corrected chi connectivity index (χ1v) is 6.22. The van der Waals surface area contributed by atoms with Crippen LogP contribution in [0.15, 0.2) is 18.3 Å². The van der Waals surface area contributed by atoms with Crippen LogP contribution in [0, 0.1) is 11.9 Å². The molecule has 0 atom stereocenters. The summed E-state index contributed by atoms with van der Waals surface area (Å²) in [5.74, 6) is -0.549. The minimum atomic E-state index is -0.647. The normalized spacial score (nSPS) is 23.7. The Morgan fingerprint density at radius 3 is 2.78 bits per heavy atom. The van der Waals surface area contributed by atoms with Crippen LogP contribution in [0.4, 0.5) is 4.39 Å². The lowest BCUT2D eigenvalue weighted by molar-refractivity contribution is 0.0913. The van der Waals surface area contributed by atoms with Crippen LogP contribution in [0.1, 0.15) is 36.0 Å². The number of aromatic nitrogens is 1. The molecule has 2 N–H and O–H groups in total. The highest BCUT2D eigenvalue weighted by Gasteiger charge is 2.22. The van der Waals surface area contributed by atoms with Gasteiger partial charge in [-0.1, -0.05) is 0 Å². The second kappa shape index (κ2) is 5.91. The Balaban J connectivity index is 1.89. The lowest BCUT2D eigenvalue weighted by Gasteiger charge is -2.27. The van der Waals surface area contributed by atoms with Crippen LogP contribution in [-0.4, -0.2) is 28.6 Å². The molecule has 4 nitrogen and oxygen atoms in total. The molecule has 0 bridgehead atoms. The molecule has 0 aliphatic heterocycles. The van der Waals surface area contributed by atoms with E-state index in [-0.39, 0.29) is 18.6 Å². The number of nitrogens with one attached hydrogen (secondary N) is 1. The topological polar surface area (TPSA) is 62.2 Å². The van der Waals surface area contributed by atoms with Gasteiger partial charge in [-0.3, -0.25) is 4.79 Å². The van der Waals surface area contributed by atoms with Gasteiger partial charge in [0.2, 0.25) is 5.95 Å². The number of aliphatic hydroxyl groups excluding tert-OH is 1. The molecular formula is C13H17FN2O2. The van der Waals surface area contributed by atoms with Crippen LogP contribution in [0.25, 0.3) is 0 Å².